The van der Waals surface area contributed by atoms with Crippen LogP contribution in [0.3, 0.4) is 0 Å². The number of nitrogens with zero attached hydrogens (tertiary/aromatic N) is 3. The van der Waals surface area contributed by atoms with Gasteiger partial charge in [0.05, 0.1) is 16.8 Å². The van der Waals surface area contributed by atoms with Crippen LogP contribution < -0.4 is 0 Å². The van der Waals surface area contributed by atoms with Crippen LogP contribution >= 0.6 is 0 Å². The van der Waals surface area contributed by atoms with Crippen LogP contribution in [-0.4, -0.2) is 57.4 Å². The predicted octanol–water partition coefficient (Wildman–Crippen LogP) is 4.19. The van der Waals surface area contributed by atoms with E-state index < -0.39 is 5.97 Å². The number of carbonyl (C=O) groups is 2. The van der Waals surface area contributed by atoms with Crippen molar-refractivity contribution in [2.45, 2.75) is 38.3 Å². The van der Waals surface area contributed by atoms with Crippen molar-refractivity contribution in [3.05, 3.63) is 65.7 Å². The van der Waals surface area contributed by atoms with Crippen molar-refractivity contribution >= 4 is 22.8 Å². The molecule has 0 aliphatic carbocycles. The normalized spacial score (nSPS) is 17.9. The van der Waals surface area contributed by atoms with E-state index in [4.69, 9.17) is 4.98 Å². The maximum Gasteiger partial charge on any atom is 0.336 e. The number of carboxylic acids is 1. The van der Waals surface area contributed by atoms with Crippen LogP contribution in [0.15, 0.2) is 54.6 Å². The van der Waals surface area contributed by atoms with Crippen LogP contribution in [-0.2, 0) is 11.3 Å². The molecular weight excluding hydrogens is 402 g/mol. The lowest BCUT2D eigenvalue weighted by atomic mass is 9.95. The molecule has 164 valence electrons. The average Bonchev–Trinajstić information content (AvgIpc) is 3.25. The standard InChI is InChI=1S/C26H27N3O3/c30-23-11-6-14-29(23)19-12-15-28(16-13-19)17-21-24(26(31)32)20-9-4-5-10-22(20)27-25(21)18-7-2-1-3-8-18/h1-5,7-10,19H,6,11-17H2,(H,31,32). The number of hydrogen-bond donors (Lipinski definition) is 1. The summed E-state index contributed by atoms with van der Waals surface area (Å²) < 4.78 is 0. The molecule has 1 amide bonds. The summed E-state index contributed by atoms with van der Waals surface area (Å²) in [6, 6.07) is 17.6. The molecule has 5 rings (SSSR count). The maximum absolute atomic E-state index is 12.4. The number of pyridine rings is 1. The molecule has 2 aliphatic heterocycles. The van der Waals surface area contributed by atoms with E-state index in [1.54, 1.807) is 0 Å². The summed E-state index contributed by atoms with van der Waals surface area (Å²) in [7, 11) is 0. The monoisotopic (exact) mass is 429 g/mol. The number of likely N-dealkylation sites (tertiary alicyclic amines) is 2. The van der Waals surface area contributed by atoms with Gasteiger partial charge in [-0.05, 0) is 25.3 Å². The number of carboxylic acid groups (broad SMARTS) is 1. The van der Waals surface area contributed by atoms with Crippen LogP contribution in [0, 0.1) is 0 Å². The summed E-state index contributed by atoms with van der Waals surface area (Å²) in [6.07, 6.45) is 3.49. The molecule has 0 atom stereocenters. The molecule has 2 aliphatic rings. The van der Waals surface area contributed by atoms with Gasteiger partial charge in [-0.25, -0.2) is 9.78 Å². The van der Waals surface area contributed by atoms with E-state index in [2.05, 4.69) is 4.90 Å². The third kappa shape index (κ3) is 3.86. The number of aromatic nitrogens is 1. The van der Waals surface area contributed by atoms with Crippen molar-refractivity contribution in [1.82, 2.24) is 14.8 Å². The Hall–Kier alpha value is -3.25. The zero-order chi connectivity index (χ0) is 22.1. The first kappa shape index (κ1) is 20.6. The van der Waals surface area contributed by atoms with Crippen molar-refractivity contribution in [3.63, 3.8) is 0 Å². The molecule has 0 unspecified atom stereocenters. The minimum absolute atomic E-state index is 0.279. The number of para-hydroxylation sites is 1. The van der Waals surface area contributed by atoms with E-state index >= 15 is 0 Å². The summed E-state index contributed by atoms with van der Waals surface area (Å²) in [4.78, 5) is 33.8. The van der Waals surface area contributed by atoms with Crippen LogP contribution in [0.2, 0.25) is 0 Å². The summed E-state index contributed by atoms with van der Waals surface area (Å²) in [5, 5.41) is 10.9. The lowest BCUT2D eigenvalue weighted by molar-refractivity contribution is -0.130. The Morgan fingerprint density at radius 1 is 1.00 bits per heavy atom. The van der Waals surface area contributed by atoms with Crippen molar-refractivity contribution in [2.24, 2.45) is 0 Å². The molecule has 3 heterocycles. The van der Waals surface area contributed by atoms with Crippen LogP contribution in [0.1, 0.15) is 41.6 Å². The van der Waals surface area contributed by atoms with Gasteiger partial charge in [0.2, 0.25) is 5.91 Å². The number of fused-ring (bicyclic) bond motifs is 1. The molecule has 2 aromatic carbocycles. The van der Waals surface area contributed by atoms with Gasteiger partial charge in [0.15, 0.2) is 0 Å². The number of amides is 1. The van der Waals surface area contributed by atoms with Crippen LogP contribution in [0.25, 0.3) is 22.2 Å². The highest BCUT2D eigenvalue weighted by atomic mass is 16.4. The molecule has 6 nitrogen and oxygen atoms in total. The van der Waals surface area contributed by atoms with Crippen molar-refractivity contribution in [3.8, 4) is 11.3 Å². The zero-order valence-electron chi connectivity index (χ0n) is 18.0. The zero-order valence-corrected chi connectivity index (χ0v) is 18.0. The smallest absolute Gasteiger partial charge is 0.336 e. The van der Waals surface area contributed by atoms with Gasteiger partial charge in [0.1, 0.15) is 0 Å². The Balaban J connectivity index is 1.49. The van der Waals surface area contributed by atoms with Gasteiger partial charge in [-0.1, -0.05) is 48.5 Å². The third-order valence-corrected chi connectivity index (χ3v) is 6.74. The van der Waals surface area contributed by atoms with Gasteiger partial charge in [0, 0.05) is 55.2 Å². The highest BCUT2D eigenvalue weighted by molar-refractivity contribution is 6.05. The van der Waals surface area contributed by atoms with E-state index in [-0.39, 0.29) is 5.91 Å². The molecule has 6 heteroatoms. The third-order valence-electron chi connectivity index (χ3n) is 6.74. The van der Waals surface area contributed by atoms with E-state index in [9.17, 15) is 14.7 Å². The number of aromatic carboxylic acids is 1. The second-order valence-electron chi connectivity index (χ2n) is 8.70. The fraction of sp³-hybridized carbons (Fsp3) is 0.346. The van der Waals surface area contributed by atoms with Crippen molar-refractivity contribution < 1.29 is 14.7 Å². The van der Waals surface area contributed by atoms with E-state index in [0.717, 1.165) is 55.7 Å². The van der Waals surface area contributed by atoms with Gasteiger partial charge in [-0.2, -0.15) is 0 Å². The fourth-order valence-corrected chi connectivity index (χ4v) is 5.15. The maximum atomic E-state index is 12.4. The van der Waals surface area contributed by atoms with Gasteiger partial charge < -0.3 is 10.0 Å². The summed E-state index contributed by atoms with van der Waals surface area (Å²) in [6.45, 7) is 3.09. The molecule has 2 fully saturated rings. The number of benzene rings is 2. The van der Waals surface area contributed by atoms with Gasteiger partial charge in [0.25, 0.3) is 0 Å². The van der Waals surface area contributed by atoms with Gasteiger partial charge in [-0.3, -0.25) is 9.69 Å². The second kappa shape index (κ2) is 8.71. The Morgan fingerprint density at radius 2 is 1.72 bits per heavy atom. The Labute approximate surface area is 187 Å². The Kier molecular flexibility index (Phi) is 5.62. The number of rotatable bonds is 5. The molecule has 2 saturated heterocycles. The highest BCUT2D eigenvalue weighted by Gasteiger charge is 2.31. The first-order valence-electron chi connectivity index (χ1n) is 11.3. The van der Waals surface area contributed by atoms with E-state index in [0.29, 0.717) is 35.5 Å². The summed E-state index contributed by atoms with van der Waals surface area (Å²) in [5.74, 6) is -0.643. The van der Waals surface area contributed by atoms with E-state index in [1.165, 1.54) is 0 Å². The molecule has 32 heavy (non-hydrogen) atoms. The molecule has 1 aromatic heterocycles. The highest BCUT2D eigenvalue weighted by Crippen LogP contribution is 2.32. The topological polar surface area (TPSA) is 73.7 Å². The minimum Gasteiger partial charge on any atom is -0.478 e. The quantitative estimate of drug-likeness (QED) is 0.658. The summed E-state index contributed by atoms with van der Waals surface area (Å²) in [5.41, 5.74) is 3.45. The molecule has 0 bridgehead atoms. The number of hydrogen-bond acceptors (Lipinski definition) is 4. The van der Waals surface area contributed by atoms with Crippen molar-refractivity contribution in [2.75, 3.05) is 19.6 Å². The predicted molar refractivity (Wildman–Crippen MR) is 123 cm³/mol. The van der Waals surface area contributed by atoms with Gasteiger partial charge >= 0.3 is 5.97 Å². The van der Waals surface area contributed by atoms with Crippen molar-refractivity contribution in [1.29, 1.82) is 0 Å². The molecule has 3 aromatic rings. The molecule has 0 radical (unpaired) electrons. The van der Waals surface area contributed by atoms with Crippen LogP contribution in [0.4, 0.5) is 0 Å². The SMILES string of the molecule is O=C(O)c1c(CN2CCC(N3CCCC3=O)CC2)c(-c2ccccc2)nc2ccccc12. The van der Waals surface area contributed by atoms with Crippen LogP contribution in [0.5, 0.6) is 0 Å². The molecule has 0 saturated carbocycles. The molecular formula is C26H27N3O3. The molecule has 1 N–H and O–H groups in total. The molecule has 0 spiro atoms. The summed E-state index contributed by atoms with van der Waals surface area (Å²) >= 11 is 0. The minimum atomic E-state index is -0.923. The van der Waals surface area contributed by atoms with E-state index in [1.807, 2.05) is 59.5 Å². The fourth-order valence-electron chi connectivity index (χ4n) is 5.15. The number of carbonyl (C=O) groups excluding carboxylic acids is 1. The Bertz CT molecular complexity index is 1150. The number of piperidine rings is 1. The largest absolute Gasteiger partial charge is 0.478 e. The first-order chi connectivity index (χ1) is 15.6. The lowest BCUT2D eigenvalue weighted by Gasteiger charge is -2.37. The average molecular weight is 430 g/mol. The second-order valence-corrected chi connectivity index (χ2v) is 8.70. The Morgan fingerprint density at radius 3 is 2.41 bits per heavy atom. The lowest BCUT2D eigenvalue weighted by Crippen LogP contribution is -2.45. The first-order valence-corrected chi connectivity index (χ1v) is 11.3. The van der Waals surface area contributed by atoms with Gasteiger partial charge in [-0.15, -0.1) is 0 Å².